The first kappa shape index (κ1) is 17.1. The van der Waals surface area contributed by atoms with Crippen molar-refractivity contribution in [1.29, 1.82) is 0 Å². The van der Waals surface area contributed by atoms with Crippen LogP contribution in [0.3, 0.4) is 0 Å². The van der Waals surface area contributed by atoms with E-state index in [2.05, 4.69) is 0 Å². The highest BCUT2D eigenvalue weighted by molar-refractivity contribution is 7.86. The van der Waals surface area contributed by atoms with Crippen LogP contribution in [0.4, 0.5) is 4.39 Å². The molecule has 0 amide bonds. The van der Waals surface area contributed by atoms with Crippen LogP contribution in [-0.2, 0) is 21.5 Å². The van der Waals surface area contributed by atoms with Gasteiger partial charge >= 0.3 is 5.97 Å². The van der Waals surface area contributed by atoms with Gasteiger partial charge in [-0.05, 0) is 25.0 Å². The molecule has 1 aromatic carbocycles. The monoisotopic (exact) mass is 350 g/mol. The van der Waals surface area contributed by atoms with Crippen LogP contribution in [0, 0.1) is 5.82 Å². The van der Waals surface area contributed by atoms with E-state index in [1.165, 1.54) is 25.2 Å². The fourth-order valence-electron chi connectivity index (χ4n) is 2.43. The Balaban J connectivity index is 2.24. The Kier molecular flexibility index (Phi) is 5.06. The standard InChI is InChI=1S/C13H16ClFN2O4S/c1-16(8-9-10(14)4-2-5-11(9)15)22(20,21)17-7-3-6-12(17)13(18)19/h2,4-5,12H,3,6-8H2,1H3,(H,18,19)/t12-/m0/s1. The van der Waals surface area contributed by atoms with Gasteiger partial charge in [-0.2, -0.15) is 17.0 Å². The third-order valence-electron chi connectivity index (χ3n) is 3.62. The maximum Gasteiger partial charge on any atom is 0.322 e. The molecule has 2 rings (SSSR count). The second kappa shape index (κ2) is 6.49. The third kappa shape index (κ3) is 3.24. The summed E-state index contributed by atoms with van der Waals surface area (Å²) >= 11 is 5.89. The van der Waals surface area contributed by atoms with E-state index >= 15 is 0 Å². The van der Waals surface area contributed by atoms with E-state index in [9.17, 15) is 17.6 Å². The molecule has 1 aliphatic heterocycles. The zero-order valence-corrected chi connectivity index (χ0v) is 13.4. The predicted octanol–water partition coefficient (Wildman–Crippen LogP) is 1.70. The number of carboxylic acids is 1. The largest absolute Gasteiger partial charge is 0.480 e. The summed E-state index contributed by atoms with van der Waals surface area (Å²) in [7, 11) is -2.73. The number of nitrogens with zero attached hydrogens (tertiary/aromatic N) is 2. The summed E-state index contributed by atoms with van der Waals surface area (Å²) in [4.78, 5) is 11.1. The van der Waals surface area contributed by atoms with Crippen LogP contribution in [0.15, 0.2) is 18.2 Å². The number of carbonyl (C=O) groups is 1. The normalized spacial score (nSPS) is 19.7. The highest BCUT2D eigenvalue weighted by Crippen LogP contribution is 2.26. The fourth-order valence-corrected chi connectivity index (χ4v) is 4.18. The van der Waals surface area contributed by atoms with E-state index in [0.29, 0.717) is 6.42 Å². The Labute approximate surface area is 133 Å². The summed E-state index contributed by atoms with van der Waals surface area (Å²) in [6, 6.07) is 3.01. The maximum absolute atomic E-state index is 13.8. The van der Waals surface area contributed by atoms with Gasteiger partial charge in [-0.1, -0.05) is 17.7 Å². The molecule has 0 bridgehead atoms. The molecule has 0 aromatic heterocycles. The van der Waals surface area contributed by atoms with Crippen LogP contribution in [0.5, 0.6) is 0 Å². The first-order valence-electron chi connectivity index (χ1n) is 6.64. The lowest BCUT2D eigenvalue weighted by Crippen LogP contribution is -2.46. The van der Waals surface area contributed by atoms with E-state index < -0.39 is 28.0 Å². The van der Waals surface area contributed by atoms with Gasteiger partial charge in [-0.3, -0.25) is 4.79 Å². The first-order chi connectivity index (χ1) is 10.2. The van der Waals surface area contributed by atoms with Crippen molar-refractivity contribution in [2.45, 2.75) is 25.4 Å². The molecule has 0 aliphatic carbocycles. The second-order valence-electron chi connectivity index (χ2n) is 5.07. The number of aliphatic carboxylic acids is 1. The van der Waals surface area contributed by atoms with Crippen molar-refractivity contribution in [3.63, 3.8) is 0 Å². The van der Waals surface area contributed by atoms with Crippen LogP contribution in [0.25, 0.3) is 0 Å². The number of benzene rings is 1. The highest BCUT2D eigenvalue weighted by atomic mass is 35.5. The topological polar surface area (TPSA) is 77.9 Å². The fraction of sp³-hybridized carbons (Fsp3) is 0.462. The van der Waals surface area contributed by atoms with Gasteiger partial charge in [-0.15, -0.1) is 0 Å². The van der Waals surface area contributed by atoms with Crippen LogP contribution >= 0.6 is 11.6 Å². The molecule has 0 spiro atoms. The van der Waals surface area contributed by atoms with E-state index in [1.54, 1.807) is 0 Å². The minimum atomic E-state index is -4.00. The van der Waals surface area contributed by atoms with Gasteiger partial charge in [0.15, 0.2) is 0 Å². The predicted molar refractivity (Wildman–Crippen MR) is 79.2 cm³/mol. The first-order valence-corrected chi connectivity index (χ1v) is 8.41. The summed E-state index contributed by atoms with van der Waals surface area (Å²) in [5, 5.41) is 9.22. The molecule has 0 radical (unpaired) electrons. The molecular weight excluding hydrogens is 335 g/mol. The van der Waals surface area contributed by atoms with Crippen LogP contribution in [0.2, 0.25) is 5.02 Å². The summed E-state index contributed by atoms with van der Waals surface area (Å²) in [5.41, 5.74) is 0.0568. The molecule has 1 aromatic rings. The lowest BCUT2D eigenvalue weighted by atomic mass is 10.2. The van der Waals surface area contributed by atoms with Crippen LogP contribution in [-0.4, -0.2) is 47.7 Å². The zero-order valence-electron chi connectivity index (χ0n) is 11.9. The number of hydrogen-bond acceptors (Lipinski definition) is 3. The molecule has 122 valence electrons. The van der Waals surface area contributed by atoms with E-state index in [-0.39, 0.29) is 30.1 Å². The zero-order chi connectivity index (χ0) is 16.5. The van der Waals surface area contributed by atoms with Crippen molar-refractivity contribution < 1.29 is 22.7 Å². The molecule has 22 heavy (non-hydrogen) atoms. The van der Waals surface area contributed by atoms with Crippen molar-refractivity contribution >= 4 is 27.8 Å². The summed E-state index contributed by atoms with van der Waals surface area (Å²) in [5.74, 6) is -1.79. The Hall–Kier alpha value is -1.22. The second-order valence-corrected chi connectivity index (χ2v) is 7.47. The third-order valence-corrected chi connectivity index (χ3v) is 5.92. The number of hydrogen-bond donors (Lipinski definition) is 1. The van der Waals surface area contributed by atoms with E-state index in [1.807, 2.05) is 0 Å². The van der Waals surface area contributed by atoms with E-state index in [4.69, 9.17) is 16.7 Å². The van der Waals surface area contributed by atoms with Gasteiger partial charge < -0.3 is 5.11 Å². The van der Waals surface area contributed by atoms with Gasteiger partial charge in [0.05, 0.1) is 0 Å². The average molecular weight is 351 g/mol. The molecule has 1 fully saturated rings. The van der Waals surface area contributed by atoms with Gasteiger partial charge in [0, 0.05) is 30.7 Å². The summed E-state index contributed by atoms with van der Waals surface area (Å²) in [6.45, 7) is -0.134. The quantitative estimate of drug-likeness (QED) is 0.876. The molecule has 0 saturated carbocycles. The number of halogens is 2. The SMILES string of the molecule is CN(Cc1c(F)cccc1Cl)S(=O)(=O)N1CCC[C@H]1C(=O)O. The van der Waals surface area contributed by atoms with Crippen LogP contribution < -0.4 is 0 Å². The molecule has 6 nitrogen and oxygen atoms in total. The molecule has 1 atom stereocenters. The molecule has 1 aliphatic rings. The van der Waals surface area contributed by atoms with Crippen molar-refractivity contribution in [3.05, 3.63) is 34.6 Å². The Morgan fingerprint density at radius 1 is 1.55 bits per heavy atom. The smallest absolute Gasteiger partial charge is 0.322 e. The minimum Gasteiger partial charge on any atom is -0.480 e. The molecule has 1 heterocycles. The molecule has 9 heteroatoms. The molecule has 1 saturated heterocycles. The Morgan fingerprint density at radius 3 is 2.82 bits per heavy atom. The number of rotatable bonds is 5. The van der Waals surface area contributed by atoms with Crippen molar-refractivity contribution in [1.82, 2.24) is 8.61 Å². The number of carboxylic acid groups (broad SMARTS) is 1. The van der Waals surface area contributed by atoms with E-state index in [0.717, 1.165) is 8.61 Å². The van der Waals surface area contributed by atoms with Gasteiger partial charge in [0.2, 0.25) is 0 Å². The summed E-state index contributed by atoms with van der Waals surface area (Å²) < 4.78 is 40.6. The molecular formula is C13H16ClFN2O4S. The minimum absolute atomic E-state index is 0.0568. The van der Waals surface area contributed by atoms with Crippen molar-refractivity contribution in [2.24, 2.45) is 0 Å². The van der Waals surface area contributed by atoms with Gasteiger partial charge in [0.1, 0.15) is 11.9 Å². The highest BCUT2D eigenvalue weighted by Gasteiger charge is 2.40. The maximum atomic E-state index is 13.8. The Morgan fingerprint density at radius 2 is 2.23 bits per heavy atom. The van der Waals surface area contributed by atoms with Gasteiger partial charge in [0.25, 0.3) is 10.2 Å². The van der Waals surface area contributed by atoms with Gasteiger partial charge in [-0.25, -0.2) is 4.39 Å². The van der Waals surface area contributed by atoms with Crippen LogP contribution in [0.1, 0.15) is 18.4 Å². The lowest BCUT2D eigenvalue weighted by molar-refractivity contribution is -0.140. The Bertz CT molecular complexity index is 662. The lowest BCUT2D eigenvalue weighted by Gasteiger charge is -2.27. The van der Waals surface area contributed by atoms with Crippen molar-refractivity contribution in [2.75, 3.05) is 13.6 Å². The molecule has 0 unspecified atom stereocenters. The summed E-state index contributed by atoms with van der Waals surface area (Å²) in [6.07, 6.45) is 0.743. The average Bonchev–Trinajstić information content (AvgIpc) is 2.93. The molecule has 1 N–H and O–H groups in total. The van der Waals surface area contributed by atoms with Crippen molar-refractivity contribution in [3.8, 4) is 0 Å².